The van der Waals surface area contributed by atoms with Gasteiger partial charge in [0.05, 0.1) is 5.60 Å². The summed E-state index contributed by atoms with van der Waals surface area (Å²) in [7, 11) is 0. The quantitative estimate of drug-likeness (QED) is 0.781. The van der Waals surface area contributed by atoms with Gasteiger partial charge in [0.15, 0.2) is 0 Å². The first kappa shape index (κ1) is 17.9. The van der Waals surface area contributed by atoms with Crippen LogP contribution in [0.1, 0.15) is 42.6 Å². The van der Waals surface area contributed by atoms with E-state index in [9.17, 15) is 9.90 Å². The van der Waals surface area contributed by atoms with Crippen molar-refractivity contribution in [3.63, 3.8) is 0 Å². The molecule has 1 aromatic heterocycles. The van der Waals surface area contributed by atoms with Gasteiger partial charge in [-0.05, 0) is 24.5 Å². The fourth-order valence-electron chi connectivity index (χ4n) is 2.21. The molecule has 2 rings (SSSR count). The fraction of sp³-hybridized carbons (Fsp3) is 0.368. The number of pyridine rings is 1. The Hall–Kier alpha value is -2.40. The summed E-state index contributed by atoms with van der Waals surface area (Å²) in [5.41, 5.74) is 0.628. The molecule has 5 nitrogen and oxygen atoms in total. The van der Waals surface area contributed by atoms with E-state index in [4.69, 9.17) is 4.74 Å². The zero-order chi connectivity index (χ0) is 17.4. The Morgan fingerprint density at radius 3 is 2.58 bits per heavy atom. The number of carbonyl (C=O) groups excluding carboxylic acids is 1. The summed E-state index contributed by atoms with van der Waals surface area (Å²) in [6.07, 6.45) is 2.72. The van der Waals surface area contributed by atoms with Gasteiger partial charge >= 0.3 is 0 Å². The molecule has 0 aliphatic rings. The van der Waals surface area contributed by atoms with Crippen LogP contribution in [-0.2, 0) is 6.61 Å². The molecule has 0 radical (unpaired) electrons. The van der Waals surface area contributed by atoms with E-state index in [2.05, 4.69) is 10.3 Å². The Morgan fingerprint density at radius 2 is 1.92 bits per heavy atom. The van der Waals surface area contributed by atoms with Gasteiger partial charge in [-0.3, -0.25) is 4.79 Å². The second-order valence-electron chi connectivity index (χ2n) is 5.77. The minimum Gasteiger partial charge on any atom is -0.473 e. The normalized spacial score (nSPS) is 11.1. The van der Waals surface area contributed by atoms with Gasteiger partial charge in [-0.15, -0.1) is 0 Å². The van der Waals surface area contributed by atoms with Crippen molar-refractivity contribution >= 4 is 5.91 Å². The van der Waals surface area contributed by atoms with Crippen molar-refractivity contribution < 1.29 is 14.6 Å². The number of rotatable bonds is 8. The molecule has 0 aliphatic carbocycles. The Labute approximate surface area is 142 Å². The van der Waals surface area contributed by atoms with Crippen LogP contribution in [0.2, 0.25) is 0 Å². The third-order valence-electron chi connectivity index (χ3n) is 4.12. The maximum Gasteiger partial charge on any atom is 0.251 e. The first-order chi connectivity index (χ1) is 11.6. The highest BCUT2D eigenvalue weighted by molar-refractivity contribution is 5.94. The fourth-order valence-corrected chi connectivity index (χ4v) is 2.21. The highest BCUT2D eigenvalue weighted by atomic mass is 16.5. The monoisotopic (exact) mass is 328 g/mol. The summed E-state index contributed by atoms with van der Waals surface area (Å²) in [6.45, 7) is 4.42. The number of amides is 1. The van der Waals surface area contributed by atoms with Gasteiger partial charge in [0, 0.05) is 24.4 Å². The van der Waals surface area contributed by atoms with Crippen LogP contribution >= 0.6 is 0 Å². The molecular formula is C19H24N2O3. The van der Waals surface area contributed by atoms with E-state index in [1.165, 1.54) is 0 Å². The molecule has 0 aliphatic heterocycles. The third-order valence-corrected chi connectivity index (χ3v) is 4.12. The van der Waals surface area contributed by atoms with Gasteiger partial charge in [-0.2, -0.15) is 0 Å². The van der Waals surface area contributed by atoms with E-state index in [0.717, 1.165) is 5.56 Å². The number of benzene rings is 1. The number of carbonyl (C=O) groups is 1. The molecule has 0 spiro atoms. The van der Waals surface area contributed by atoms with Crippen LogP contribution in [-0.4, -0.2) is 28.1 Å². The van der Waals surface area contributed by atoms with Crippen molar-refractivity contribution in [1.29, 1.82) is 0 Å². The van der Waals surface area contributed by atoms with Gasteiger partial charge in [0.1, 0.15) is 6.61 Å². The predicted octanol–water partition coefficient (Wildman–Crippen LogP) is 2.94. The third kappa shape index (κ3) is 5.06. The van der Waals surface area contributed by atoms with Crippen LogP contribution in [0.25, 0.3) is 0 Å². The molecule has 0 fully saturated rings. The summed E-state index contributed by atoms with van der Waals surface area (Å²) in [5, 5.41) is 13.0. The minimum atomic E-state index is -0.866. The molecule has 128 valence electrons. The van der Waals surface area contributed by atoms with Crippen LogP contribution in [0, 0.1) is 0 Å². The number of nitrogens with one attached hydrogen (secondary N) is 1. The molecule has 1 amide bonds. The van der Waals surface area contributed by atoms with Crippen molar-refractivity contribution in [1.82, 2.24) is 10.3 Å². The van der Waals surface area contributed by atoms with Crippen LogP contribution in [0.4, 0.5) is 0 Å². The number of aromatic nitrogens is 1. The summed E-state index contributed by atoms with van der Waals surface area (Å²) in [6, 6.07) is 13.0. The molecule has 24 heavy (non-hydrogen) atoms. The number of hydrogen-bond donors (Lipinski definition) is 2. The molecule has 0 saturated heterocycles. The van der Waals surface area contributed by atoms with Crippen LogP contribution in [0.15, 0.2) is 48.7 Å². The van der Waals surface area contributed by atoms with Crippen LogP contribution in [0.3, 0.4) is 0 Å². The van der Waals surface area contributed by atoms with Crippen molar-refractivity contribution in [2.45, 2.75) is 38.9 Å². The van der Waals surface area contributed by atoms with E-state index in [1.807, 2.05) is 44.2 Å². The van der Waals surface area contributed by atoms with Crippen molar-refractivity contribution in [3.05, 3.63) is 59.8 Å². The average molecular weight is 328 g/mol. The highest BCUT2D eigenvalue weighted by Gasteiger charge is 2.23. The first-order valence-corrected chi connectivity index (χ1v) is 8.19. The second kappa shape index (κ2) is 8.45. The number of hydrogen-bond acceptors (Lipinski definition) is 4. The molecular weight excluding hydrogens is 304 g/mol. The van der Waals surface area contributed by atoms with Crippen molar-refractivity contribution in [2.75, 3.05) is 6.54 Å². The molecule has 1 aromatic carbocycles. The summed E-state index contributed by atoms with van der Waals surface area (Å²) in [4.78, 5) is 16.4. The largest absolute Gasteiger partial charge is 0.473 e. The Morgan fingerprint density at radius 1 is 1.21 bits per heavy atom. The van der Waals surface area contributed by atoms with E-state index in [1.54, 1.807) is 18.3 Å². The van der Waals surface area contributed by atoms with Gasteiger partial charge < -0.3 is 15.2 Å². The summed E-state index contributed by atoms with van der Waals surface area (Å²) in [5.74, 6) is 0.148. The standard InChI is InChI=1S/C19H24N2O3/c1-3-19(23,4-2)14-21-18(22)16-10-11-20-17(12-16)24-13-15-8-6-5-7-9-15/h5-12,23H,3-4,13-14H2,1-2H3,(H,21,22). The van der Waals surface area contributed by atoms with Crippen LogP contribution < -0.4 is 10.1 Å². The Kier molecular flexibility index (Phi) is 6.32. The zero-order valence-electron chi connectivity index (χ0n) is 14.2. The lowest BCUT2D eigenvalue weighted by molar-refractivity contribution is 0.0314. The van der Waals surface area contributed by atoms with E-state index in [0.29, 0.717) is 30.9 Å². The van der Waals surface area contributed by atoms with Gasteiger partial charge in [0.25, 0.3) is 5.91 Å². The molecule has 0 atom stereocenters. The predicted molar refractivity (Wildman–Crippen MR) is 92.9 cm³/mol. The van der Waals surface area contributed by atoms with Crippen LogP contribution in [0.5, 0.6) is 5.88 Å². The molecule has 5 heteroatoms. The van der Waals surface area contributed by atoms with Crippen molar-refractivity contribution in [2.24, 2.45) is 0 Å². The van der Waals surface area contributed by atoms with Gasteiger partial charge in [0.2, 0.25) is 5.88 Å². The first-order valence-electron chi connectivity index (χ1n) is 8.19. The molecule has 0 bridgehead atoms. The Balaban J connectivity index is 1.95. The maximum absolute atomic E-state index is 12.2. The average Bonchev–Trinajstić information content (AvgIpc) is 2.65. The summed E-state index contributed by atoms with van der Waals surface area (Å²) >= 11 is 0. The smallest absolute Gasteiger partial charge is 0.251 e. The second-order valence-corrected chi connectivity index (χ2v) is 5.77. The molecule has 2 N–H and O–H groups in total. The number of ether oxygens (including phenoxy) is 1. The lowest BCUT2D eigenvalue weighted by Crippen LogP contribution is -2.42. The van der Waals surface area contributed by atoms with Crippen molar-refractivity contribution in [3.8, 4) is 5.88 Å². The molecule has 0 saturated carbocycles. The molecule has 1 heterocycles. The molecule has 0 unspecified atom stereocenters. The maximum atomic E-state index is 12.2. The molecule has 2 aromatic rings. The lowest BCUT2D eigenvalue weighted by atomic mass is 9.97. The SMILES string of the molecule is CCC(O)(CC)CNC(=O)c1ccnc(OCc2ccccc2)c1. The van der Waals surface area contributed by atoms with Gasteiger partial charge in [-0.25, -0.2) is 4.98 Å². The van der Waals surface area contributed by atoms with E-state index < -0.39 is 5.60 Å². The van der Waals surface area contributed by atoms with Gasteiger partial charge in [-0.1, -0.05) is 44.2 Å². The summed E-state index contributed by atoms with van der Waals surface area (Å²) < 4.78 is 5.63. The Bertz CT molecular complexity index is 655. The highest BCUT2D eigenvalue weighted by Crippen LogP contribution is 2.15. The van der Waals surface area contributed by atoms with E-state index in [-0.39, 0.29) is 12.5 Å². The van der Waals surface area contributed by atoms with E-state index >= 15 is 0 Å². The number of nitrogens with zero attached hydrogens (tertiary/aromatic N) is 1. The topological polar surface area (TPSA) is 71.5 Å². The lowest BCUT2D eigenvalue weighted by Gasteiger charge is -2.25. The minimum absolute atomic E-state index is 0.224. The number of aliphatic hydroxyl groups is 1. The zero-order valence-corrected chi connectivity index (χ0v) is 14.2.